The summed E-state index contributed by atoms with van der Waals surface area (Å²) in [6.07, 6.45) is 3.42. The van der Waals surface area contributed by atoms with Gasteiger partial charge in [0.15, 0.2) is 5.78 Å². The zero-order valence-corrected chi connectivity index (χ0v) is 15.0. The molecule has 4 rings (SSSR count). The molecule has 3 nitrogen and oxygen atoms in total. The monoisotopic (exact) mass is 359 g/mol. The van der Waals surface area contributed by atoms with Gasteiger partial charge in [-0.05, 0) is 54.1 Å². The van der Waals surface area contributed by atoms with Crippen molar-refractivity contribution >= 4 is 35.0 Å². The summed E-state index contributed by atoms with van der Waals surface area (Å²) in [5.74, 6) is 0.779. The highest BCUT2D eigenvalue weighted by Crippen LogP contribution is 2.44. The Morgan fingerprint density at radius 3 is 2.54 bits per heavy atom. The van der Waals surface area contributed by atoms with Gasteiger partial charge in [-0.3, -0.25) is 4.79 Å². The first-order valence-corrected chi connectivity index (χ1v) is 9.09. The lowest BCUT2D eigenvalue weighted by molar-refractivity contribution is 0.104. The molecule has 1 aliphatic rings. The minimum atomic E-state index is -0.0192. The van der Waals surface area contributed by atoms with Crippen molar-refractivity contribution in [2.75, 3.05) is 12.4 Å². The highest BCUT2D eigenvalue weighted by Gasteiger charge is 2.16. The molecule has 4 heteroatoms. The first kappa shape index (κ1) is 16.5. The number of carbonyl (C=O) groups excluding carboxylic acids is 1. The van der Waals surface area contributed by atoms with Crippen molar-refractivity contribution in [1.29, 1.82) is 0 Å². The summed E-state index contributed by atoms with van der Waals surface area (Å²) < 4.78 is 5.14. The van der Waals surface area contributed by atoms with E-state index in [9.17, 15) is 4.79 Å². The number of methoxy groups -OCH3 is 1. The van der Waals surface area contributed by atoms with E-state index >= 15 is 0 Å². The van der Waals surface area contributed by atoms with Crippen LogP contribution in [0.15, 0.2) is 82.6 Å². The van der Waals surface area contributed by atoms with E-state index in [0.717, 1.165) is 27.6 Å². The molecular weight excluding hydrogens is 342 g/mol. The molecule has 0 amide bonds. The summed E-state index contributed by atoms with van der Waals surface area (Å²) in [7, 11) is 1.63. The third-order valence-corrected chi connectivity index (χ3v) is 5.34. The van der Waals surface area contributed by atoms with Gasteiger partial charge in [-0.25, -0.2) is 0 Å². The number of hydrogen-bond acceptors (Lipinski definition) is 4. The van der Waals surface area contributed by atoms with Gasteiger partial charge < -0.3 is 10.1 Å². The molecule has 0 fully saturated rings. The topological polar surface area (TPSA) is 38.3 Å². The number of ether oxygens (including phenoxy) is 1. The third kappa shape index (κ3) is 3.37. The minimum Gasteiger partial charge on any atom is -0.497 e. The van der Waals surface area contributed by atoms with Gasteiger partial charge in [0.25, 0.3) is 0 Å². The number of anilines is 2. The zero-order chi connectivity index (χ0) is 17.9. The Kier molecular flexibility index (Phi) is 4.50. The van der Waals surface area contributed by atoms with Gasteiger partial charge in [0.1, 0.15) is 5.75 Å². The van der Waals surface area contributed by atoms with Crippen LogP contribution < -0.4 is 10.1 Å². The molecule has 3 aromatic rings. The summed E-state index contributed by atoms with van der Waals surface area (Å²) in [6, 6.07) is 21.6. The first-order valence-electron chi connectivity index (χ1n) is 8.27. The number of allylic oxidation sites excluding steroid dienone is 1. The van der Waals surface area contributed by atoms with Crippen molar-refractivity contribution in [1.82, 2.24) is 0 Å². The minimum absolute atomic E-state index is 0.0192. The van der Waals surface area contributed by atoms with Gasteiger partial charge in [0, 0.05) is 15.4 Å². The van der Waals surface area contributed by atoms with Crippen molar-refractivity contribution in [3.63, 3.8) is 0 Å². The fourth-order valence-corrected chi connectivity index (χ4v) is 3.74. The molecule has 3 aromatic carbocycles. The van der Waals surface area contributed by atoms with Gasteiger partial charge in [-0.15, -0.1) is 0 Å². The summed E-state index contributed by atoms with van der Waals surface area (Å²) in [6.45, 7) is 0. The maximum absolute atomic E-state index is 12.5. The fraction of sp³-hybridized carbons (Fsp3) is 0.0455. The van der Waals surface area contributed by atoms with Crippen LogP contribution in [0.2, 0.25) is 0 Å². The molecule has 1 N–H and O–H groups in total. The van der Waals surface area contributed by atoms with Gasteiger partial charge in [-0.1, -0.05) is 42.1 Å². The maximum atomic E-state index is 12.5. The van der Waals surface area contributed by atoms with Crippen LogP contribution in [0.5, 0.6) is 5.75 Å². The lowest BCUT2D eigenvalue weighted by Crippen LogP contribution is -2.02. The van der Waals surface area contributed by atoms with E-state index in [1.165, 1.54) is 4.90 Å². The Balaban J connectivity index is 1.53. The second-order valence-corrected chi connectivity index (χ2v) is 6.99. The van der Waals surface area contributed by atoms with Gasteiger partial charge >= 0.3 is 0 Å². The van der Waals surface area contributed by atoms with E-state index in [4.69, 9.17) is 4.74 Å². The molecule has 0 aliphatic carbocycles. The van der Waals surface area contributed by atoms with Crippen LogP contribution >= 0.6 is 11.8 Å². The molecule has 1 heterocycles. The summed E-state index contributed by atoms with van der Waals surface area (Å²) in [5, 5.41) is 3.41. The van der Waals surface area contributed by atoms with Crippen LogP contribution in [-0.4, -0.2) is 12.9 Å². The van der Waals surface area contributed by atoms with E-state index in [0.29, 0.717) is 5.56 Å². The summed E-state index contributed by atoms with van der Waals surface area (Å²) >= 11 is 1.71. The number of carbonyl (C=O) groups is 1. The number of benzene rings is 3. The molecule has 0 saturated carbocycles. The zero-order valence-electron chi connectivity index (χ0n) is 14.2. The van der Waals surface area contributed by atoms with Crippen LogP contribution in [-0.2, 0) is 0 Å². The average molecular weight is 359 g/mol. The molecule has 0 bridgehead atoms. The maximum Gasteiger partial charge on any atom is 0.185 e. The van der Waals surface area contributed by atoms with Crippen molar-refractivity contribution < 1.29 is 9.53 Å². The van der Waals surface area contributed by atoms with E-state index in [-0.39, 0.29) is 5.78 Å². The SMILES string of the molecule is COc1ccc(/C=C/C(=O)c2ccc3c(c2)Nc2ccccc2S3)cc1. The Morgan fingerprint density at radius 1 is 0.962 bits per heavy atom. The van der Waals surface area contributed by atoms with Crippen LogP contribution in [0.3, 0.4) is 0 Å². The van der Waals surface area contributed by atoms with E-state index < -0.39 is 0 Å². The average Bonchev–Trinajstić information content (AvgIpc) is 2.70. The van der Waals surface area contributed by atoms with E-state index in [2.05, 4.69) is 11.4 Å². The smallest absolute Gasteiger partial charge is 0.185 e. The van der Waals surface area contributed by atoms with Crippen molar-refractivity contribution in [2.24, 2.45) is 0 Å². The molecule has 128 valence electrons. The third-order valence-electron chi connectivity index (χ3n) is 4.18. The van der Waals surface area contributed by atoms with Crippen molar-refractivity contribution in [2.45, 2.75) is 9.79 Å². The number of hydrogen-bond donors (Lipinski definition) is 1. The van der Waals surface area contributed by atoms with Gasteiger partial charge in [0.05, 0.1) is 18.5 Å². The van der Waals surface area contributed by atoms with Crippen LogP contribution in [0.1, 0.15) is 15.9 Å². The largest absolute Gasteiger partial charge is 0.497 e. The Morgan fingerprint density at radius 2 is 1.73 bits per heavy atom. The van der Waals surface area contributed by atoms with Crippen LogP contribution in [0.4, 0.5) is 11.4 Å². The quantitative estimate of drug-likeness (QED) is 0.369. The normalized spacial score (nSPS) is 12.2. The van der Waals surface area contributed by atoms with E-state index in [1.807, 2.05) is 66.7 Å². The molecule has 0 atom stereocenters. The second-order valence-electron chi connectivity index (χ2n) is 5.90. The Labute approximate surface area is 156 Å². The number of para-hydroxylation sites is 1. The van der Waals surface area contributed by atoms with Crippen molar-refractivity contribution in [3.8, 4) is 5.75 Å². The van der Waals surface area contributed by atoms with Gasteiger partial charge in [0.2, 0.25) is 0 Å². The van der Waals surface area contributed by atoms with Crippen molar-refractivity contribution in [3.05, 3.63) is 83.9 Å². The van der Waals surface area contributed by atoms with Crippen LogP contribution in [0.25, 0.3) is 6.08 Å². The highest BCUT2D eigenvalue weighted by molar-refractivity contribution is 7.99. The molecule has 0 unspecified atom stereocenters. The standard InChI is InChI=1S/C22H17NO2S/c1-25-17-10-6-15(7-11-17)8-12-20(24)16-9-13-22-19(14-16)23-18-4-2-3-5-21(18)26-22/h2-14,23H,1H3/b12-8+. The molecule has 0 radical (unpaired) electrons. The lowest BCUT2D eigenvalue weighted by Gasteiger charge is -2.20. The summed E-state index contributed by atoms with van der Waals surface area (Å²) in [4.78, 5) is 14.8. The Bertz CT molecular complexity index is 993. The molecular formula is C22H17NO2S. The predicted octanol–water partition coefficient (Wildman–Crippen LogP) is 5.80. The van der Waals surface area contributed by atoms with Gasteiger partial charge in [-0.2, -0.15) is 0 Å². The Hall–Kier alpha value is -2.98. The molecule has 26 heavy (non-hydrogen) atoms. The van der Waals surface area contributed by atoms with Crippen LogP contribution in [0, 0.1) is 0 Å². The molecule has 0 spiro atoms. The fourth-order valence-electron chi connectivity index (χ4n) is 2.78. The first-order chi connectivity index (χ1) is 12.7. The summed E-state index contributed by atoms with van der Waals surface area (Å²) in [5.41, 5.74) is 3.67. The number of rotatable bonds is 4. The number of ketones is 1. The molecule has 0 aromatic heterocycles. The predicted molar refractivity (Wildman–Crippen MR) is 107 cm³/mol. The second kappa shape index (κ2) is 7.10. The highest BCUT2D eigenvalue weighted by atomic mass is 32.2. The number of fused-ring (bicyclic) bond motifs is 2. The molecule has 1 aliphatic heterocycles. The molecule has 0 saturated heterocycles. The lowest BCUT2D eigenvalue weighted by atomic mass is 10.1. The number of nitrogens with one attached hydrogen (secondary N) is 1. The van der Waals surface area contributed by atoms with E-state index in [1.54, 1.807) is 24.9 Å².